The highest BCUT2D eigenvalue weighted by Crippen LogP contribution is 2.26. The summed E-state index contributed by atoms with van der Waals surface area (Å²) >= 11 is 6.95. The summed E-state index contributed by atoms with van der Waals surface area (Å²) in [5, 5.41) is 8.84. The molecule has 1 N–H and O–H groups in total. The standard InChI is InChI=1S/C8H5ClN2O2S/c1-3-2-4-6(14-3)5(7(12)13)11-8(9)10-4/h2H,1H3,(H,12,13). The van der Waals surface area contributed by atoms with Gasteiger partial charge in [-0.1, -0.05) is 0 Å². The minimum atomic E-state index is -1.08. The first kappa shape index (κ1) is 9.36. The van der Waals surface area contributed by atoms with Gasteiger partial charge in [0.05, 0.1) is 10.2 Å². The van der Waals surface area contributed by atoms with Crippen molar-refractivity contribution in [2.24, 2.45) is 0 Å². The van der Waals surface area contributed by atoms with Gasteiger partial charge in [0.2, 0.25) is 5.28 Å². The third-order valence-electron chi connectivity index (χ3n) is 1.67. The minimum Gasteiger partial charge on any atom is -0.476 e. The Morgan fingerprint density at radius 3 is 2.93 bits per heavy atom. The Morgan fingerprint density at radius 1 is 1.57 bits per heavy atom. The van der Waals surface area contributed by atoms with Gasteiger partial charge in [-0.2, -0.15) is 0 Å². The third kappa shape index (κ3) is 1.44. The van der Waals surface area contributed by atoms with E-state index < -0.39 is 5.97 Å². The maximum Gasteiger partial charge on any atom is 0.356 e. The van der Waals surface area contributed by atoms with E-state index in [1.54, 1.807) is 6.07 Å². The number of halogens is 1. The molecule has 0 saturated carbocycles. The third-order valence-corrected chi connectivity index (χ3v) is 2.89. The van der Waals surface area contributed by atoms with Gasteiger partial charge in [0.25, 0.3) is 0 Å². The molecule has 0 saturated heterocycles. The second kappa shape index (κ2) is 3.18. The lowest BCUT2D eigenvalue weighted by atomic mass is 10.3. The van der Waals surface area contributed by atoms with Crippen LogP contribution in [-0.4, -0.2) is 21.0 Å². The number of hydrogen-bond acceptors (Lipinski definition) is 4. The van der Waals surface area contributed by atoms with E-state index in [-0.39, 0.29) is 11.0 Å². The summed E-state index contributed by atoms with van der Waals surface area (Å²) in [6, 6.07) is 1.79. The van der Waals surface area contributed by atoms with E-state index in [0.717, 1.165) is 4.88 Å². The number of carbonyl (C=O) groups is 1. The number of carboxylic acid groups (broad SMARTS) is 1. The number of carboxylic acids is 1. The van der Waals surface area contributed by atoms with E-state index in [4.69, 9.17) is 16.7 Å². The van der Waals surface area contributed by atoms with Gasteiger partial charge >= 0.3 is 5.97 Å². The number of rotatable bonds is 1. The first-order valence-electron chi connectivity index (χ1n) is 3.75. The topological polar surface area (TPSA) is 63.1 Å². The molecule has 4 nitrogen and oxygen atoms in total. The minimum absolute atomic E-state index is 0.0295. The summed E-state index contributed by atoms with van der Waals surface area (Å²) in [7, 11) is 0. The molecule has 0 aromatic carbocycles. The van der Waals surface area contributed by atoms with Crippen molar-refractivity contribution in [2.75, 3.05) is 0 Å². The van der Waals surface area contributed by atoms with Crippen molar-refractivity contribution in [1.82, 2.24) is 9.97 Å². The molecule has 0 radical (unpaired) electrons. The van der Waals surface area contributed by atoms with Crippen LogP contribution in [0.5, 0.6) is 0 Å². The van der Waals surface area contributed by atoms with Crippen molar-refractivity contribution >= 4 is 39.1 Å². The predicted molar refractivity (Wildman–Crippen MR) is 54.1 cm³/mol. The van der Waals surface area contributed by atoms with Crippen LogP contribution in [0.2, 0.25) is 5.28 Å². The van der Waals surface area contributed by atoms with Crippen LogP contribution >= 0.6 is 22.9 Å². The lowest BCUT2D eigenvalue weighted by Gasteiger charge is -1.95. The Labute approximate surface area is 88.2 Å². The van der Waals surface area contributed by atoms with Crippen molar-refractivity contribution in [3.05, 3.63) is 21.9 Å². The van der Waals surface area contributed by atoms with Crippen LogP contribution in [-0.2, 0) is 0 Å². The van der Waals surface area contributed by atoms with E-state index in [9.17, 15) is 4.79 Å². The smallest absolute Gasteiger partial charge is 0.356 e. The molecule has 0 fully saturated rings. The molecule has 0 amide bonds. The van der Waals surface area contributed by atoms with Gasteiger partial charge in [-0.3, -0.25) is 0 Å². The molecule has 2 aromatic heterocycles. The average Bonchev–Trinajstić information content (AvgIpc) is 2.42. The second-order valence-electron chi connectivity index (χ2n) is 2.72. The molecule has 0 aliphatic carbocycles. The van der Waals surface area contributed by atoms with Crippen LogP contribution in [0.3, 0.4) is 0 Å². The molecule has 72 valence electrons. The van der Waals surface area contributed by atoms with Gasteiger partial charge < -0.3 is 5.11 Å². The Morgan fingerprint density at radius 2 is 2.29 bits per heavy atom. The summed E-state index contributed by atoms with van der Waals surface area (Å²) in [6.07, 6.45) is 0. The zero-order valence-corrected chi connectivity index (χ0v) is 8.69. The molecule has 2 aromatic rings. The molecule has 14 heavy (non-hydrogen) atoms. The van der Waals surface area contributed by atoms with E-state index in [1.807, 2.05) is 6.92 Å². The predicted octanol–water partition coefficient (Wildman–Crippen LogP) is 2.35. The highest BCUT2D eigenvalue weighted by molar-refractivity contribution is 7.19. The van der Waals surface area contributed by atoms with Crippen LogP contribution in [0, 0.1) is 6.92 Å². The first-order chi connectivity index (χ1) is 6.58. The number of aromatic carboxylic acids is 1. The molecule has 0 aliphatic heterocycles. The molecule has 0 aliphatic rings. The molecule has 2 heterocycles. The summed E-state index contributed by atoms with van der Waals surface area (Å²) in [5.41, 5.74) is 0.558. The van der Waals surface area contributed by atoms with Crippen molar-refractivity contribution in [2.45, 2.75) is 6.92 Å². The van der Waals surface area contributed by atoms with Crippen molar-refractivity contribution in [1.29, 1.82) is 0 Å². The van der Waals surface area contributed by atoms with E-state index in [0.29, 0.717) is 10.2 Å². The highest BCUT2D eigenvalue weighted by Gasteiger charge is 2.15. The van der Waals surface area contributed by atoms with Crippen molar-refractivity contribution in [3.8, 4) is 0 Å². The Bertz CT molecular complexity index is 523. The molecule has 6 heteroatoms. The van der Waals surface area contributed by atoms with Gasteiger partial charge in [-0.25, -0.2) is 14.8 Å². The zero-order valence-electron chi connectivity index (χ0n) is 7.11. The quantitative estimate of drug-likeness (QED) is 0.761. The van der Waals surface area contributed by atoms with Crippen LogP contribution < -0.4 is 0 Å². The fourth-order valence-electron chi connectivity index (χ4n) is 1.17. The van der Waals surface area contributed by atoms with Gasteiger partial charge in [0, 0.05) is 4.88 Å². The number of aromatic nitrogens is 2. The molecular formula is C8H5ClN2O2S. The Kier molecular flexibility index (Phi) is 2.13. The number of nitrogens with zero attached hydrogens (tertiary/aromatic N) is 2. The second-order valence-corrected chi connectivity index (χ2v) is 4.31. The number of thiophene rings is 1. The normalized spacial score (nSPS) is 10.7. The molecule has 0 unspecified atom stereocenters. The number of hydrogen-bond donors (Lipinski definition) is 1. The van der Waals surface area contributed by atoms with Gasteiger partial charge in [-0.15, -0.1) is 11.3 Å². The van der Waals surface area contributed by atoms with E-state index in [2.05, 4.69) is 9.97 Å². The van der Waals surface area contributed by atoms with E-state index >= 15 is 0 Å². The van der Waals surface area contributed by atoms with Crippen molar-refractivity contribution < 1.29 is 9.90 Å². The van der Waals surface area contributed by atoms with Crippen LogP contribution in [0.15, 0.2) is 6.07 Å². The van der Waals surface area contributed by atoms with Crippen molar-refractivity contribution in [3.63, 3.8) is 0 Å². The van der Waals surface area contributed by atoms with Crippen LogP contribution in [0.25, 0.3) is 10.2 Å². The number of fused-ring (bicyclic) bond motifs is 1. The molecule has 0 atom stereocenters. The van der Waals surface area contributed by atoms with Crippen LogP contribution in [0.1, 0.15) is 15.4 Å². The summed E-state index contributed by atoms with van der Waals surface area (Å²) in [4.78, 5) is 19.4. The highest BCUT2D eigenvalue weighted by atomic mass is 35.5. The average molecular weight is 229 g/mol. The molecule has 0 bridgehead atoms. The van der Waals surface area contributed by atoms with Gasteiger partial charge in [0.1, 0.15) is 0 Å². The fraction of sp³-hybridized carbons (Fsp3) is 0.125. The Hall–Kier alpha value is -1.20. The first-order valence-corrected chi connectivity index (χ1v) is 4.94. The maximum atomic E-state index is 10.8. The molecule has 2 rings (SSSR count). The zero-order chi connectivity index (χ0) is 10.3. The largest absolute Gasteiger partial charge is 0.476 e. The van der Waals surface area contributed by atoms with E-state index in [1.165, 1.54) is 11.3 Å². The fourth-order valence-corrected chi connectivity index (χ4v) is 2.27. The Balaban J connectivity index is 2.85. The summed E-state index contributed by atoms with van der Waals surface area (Å²) < 4.78 is 0.569. The lowest BCUT2D eigenvalue weighted by Crippen LogP contribution is -2.01. The SMILES string of the molecule is Cc1cc2nc(Cl)nc(C(=O)O)c2s1. The van der Waals surface area contributed by atoms with Gasteiger partial charge in [-0.05, 0) is 24.6 Å². The van der Waals surface area contributed by atoms with Crippen LogP contribution in [0.4, 0.5) is 0 Å². The number of aryl methyl sites for hydroxylation is 1. The monoisotopic (exact) mass is 228 g/mol. The summed E-state index contributed by atoms with van der Waals surface area (Å²) in [6.45, 7) is 1.88. The summed E-state index contributed by atoms with van der Waals surface area (Å²) in [5.74, 6) is -1.08. The molecular weight excluding hydrogens is 224 g/mol. The maximum absolute atomic E-state index is 10.8. The molecule has 0 spiro atoms. The lowest BCUT2D eigenvalue weighted by molar-refractivity contribution is 0.0693. The van der Waals surface area contributed by atoms with Gasteiger partial charge in [0.15, 0.2) is 5.69 Å².